The second kappa shape index (κ2) is 6.77. The highest BCUT2D eigenvalue weighted by Gasteiger charge is 2.14. The number of nitrogens with one attached hydrogen (secondary N) is 1. The standard InChI is InChI=1S/C12H15ClN2O5S/c1-15(5-6-21(2,19)20)12(18)14-10-7-8(11(16)17)3-4-9(10)13/h3-4,7H,5-6H2,1-2H3,(H,14,18)(H,16,17). The van der Waals surface area contributed by atoms with Crippen molar-refractivity contribution < 1.29 is 23.1 Å². The second-order valence-electron chi connectivity index (χ2n) is 4.48. The van der Waals surface area contributed by atoms with E-state index in [1.54, 1.807) is 0 Å². The fourth-order valence-electron chi connectivity index (χ4n) is 1.37. The molecule has 1 aromatic rings. The largest absolute Gasteiger partial charge is 0.478 e. The number of nitrogens with zero attached hydrogens (tertiary/aromatic N) is 1. The first kappa shape index (κ1) is 17.3. The van der Waals surface area contributed by atoms with E-state index in [0.717, 1.165) is 6.26 Å². The van der Waals surface area contributed by atoms with Crippen LogP contribution in [0.25, 0.3) is 0 Å². The van der Waals surface area contributed by atoms with Crippen LogP contribution in [-0.4, -0.2) is 56.0 Å². The Morgan fingerprint density at radius 3 is 2.52 bits per heavy atom. The van der Waals surface area contributed by atoms with E-state index in [1.807, 2.05) is 0 Å². The van der Waals surface area contributed by atoms with Gasteiger partial charge >= 0.3 is 12.0 Å². The molecule has 2 amide bonds. The number of urea groups is 1. The van der Waals surface area contributed by atoms with Gasteiger partial charge in [-0.05, 0) is 18.2 Å². The molecule has 0 saturated heterocycles. The van der Waals surface area contributed by atoms with Crippen LogP contribution in [0.3, 0.4) is 0 Å². The lowest BCUT2D eigenvalue weighted by atomic mass is 10.2. The molecule has 0 aromatic heterocycles. The molecule has 21 heavy (non-hydrogen) atoms. The number of hydrogen-bond acceptors (Lipinski definition) is 4. The van der Waals surface area contributed by atoms with Crippen LogP contribution in [0.1, 0.15) is 10.4 Å². The zero-order chi connectivity index (χ0) is 16.2. The molecule has 0 bridgehead atoms. The Kier molecular flexibility index (Phi) is 5.56. The Labute approximate surface area is 127 Å². The number of carboxylic acids is 1. The van der Waals surface area contributed by atoms with E-state index in [9.17, 15) is 18.0 Å². The summed E-state index contributed by atoms with van der Waals surface area (Å²) < 4.78 is 22.1. The molecule has 2 N–H and O–H groups in total. The van der Waals surface area contributed by atoms with Gasteiger partial charge in [-0.25, -0.2) is 18.0 Å². The topological polar surface area (TPSA) is 104 Å². The van der Waals surface area contributed by atoms with E-state index >= 15 is 0 Å². The lowest BCUT2D eigenvalue weighted by Crippen LogP contribution is -2.35. The van der Waals surface area contributed by atoms with Crippen molar-refractivity contribution in [3.8, 4) is 0 Å². The van der Waals surface area contributed by atoms with Crippen molar-refractivity contribution in [1.82, 2.24) is 4.90 Å². The van der Waals surface area contributed by atoms with E-state index in [0.29, 0.717) is 0 Å². The summed E-state index contributed by atoms with van der Waals surface area (Å²) in [7, 11) is -1.75. The van der Waals surface area contributed by atoms with Crippen LogP contribution >= 0.6 is 11.6 Å². The third-order valence-electron chi connectivity index (χ3n) is 2.60. The first-order valence-corrected chi connectivity index (χ1v) is 8.26. The first-order valence-electron chi connectivity index (χ1n) is 5.83. The number of benzene rings is 1. The van der Waals surface area contributed by atoms with Crippen LogP contribution in [0.15, 0.2) is 18.2 Å². The van der Waals surface area contributed by atoms with Crippen LogP contribution in [0, 0.1) is 0 Å². The van der Waals surface area contributed by atoms with Crippen molar-refractivity contribution in [1.29, 1.82) is 0 Å². The predicted octanol–water partition coefficient (Wildman–Crippen LogP) is 1.55. The molecule has 1 aromatic carbocycles. The molecule has 0 saturated carbocycles. The smallest absolute Gasteiger partial charge is 0.335 e. The van der Waals surface area contributed by atoms with Gasteiger partial charge in [0.1, 0.15) is 9.84 Å². The third-order valence-corrected chi connectivity index (χ3v) is 3.85. The summed E-state index contributed by atoms with van der Waals surface area (Å²) in [5, 5.41) is 11.5. The van der Waals surface area contributed by atoms with Gasteiger partial charge < -0.3 is 15.3 Å². The molecule has 0 spiro atoms. The minimum atomic E-state index is -3.18. The monoisotopic (exact) mass is 334 g/mol. The van der Waals surface area contributed by atoms with Crippen LogP contribution < -0.4 is 5.32 Å². The average Bonchev–Trinajstić information content (AvgIpc) is 2.37. The van der Waals surface area contributed by atoms with Gasteiger partial charge in [0.2, 0.25) is 0 Å². The SMILES string of the molecule is CN(CCS(C)(=O)=O)C(=O)Nc1cc(C(=O)O)ccc1Cl. The van der Waals surface area contributed by atoms with Crippen molar-refractivity contribution in [2.24, 2.45) is 0 Å². The number of carbonyl (C=O) groups is 2. The van der Waals surface area contributed by atoms with Crippen LogP contribution in [0.5, 0.6) is 0 Å². The zero-order valence-corrected chi connectivity index (χ0v) is 13.0. The predicted molar refractivity (Wildman–Crippen MR) is 79.8 cm³/mol. The number of sulfone groups is 1. The number of halogens is 1. The highest BCUT2D eigenvalue weighted by atomic mass is 35.5. The van der Waals surface area contributed by atoms with Gasteiger partial charge in [-0.15, -0.1) is 0 Å². The summed E-state index contributed by atoms with van der Waals surface area (Å²) >= 11 is 5.88. The Bertz CT molecular complexity index is 660. The van der Waals surface area contributed by atoms with Crippen LogP contribution in [0.4, 0.5) is 10.5 Å². The van der Waals surface area contributed by atoms with Gasteiger partial charge in [0.25, 0.3) is 0 Å². The number of amides is 2. The van der Waals surface area contributed by atoms with Gasteiger partial charge in [-0.1, -0.05) is 11.6 Å². The second-order valence-corrected chi connectivity index (χ2v) is 7.15. The Balaban J connectivity index is 2.78. The van der Waals surface area contributed by atoms with Gasteiger partial charge in [0.05, 0.1) is 22.0 Å². The molecule has 9 heteroatoms. The number of carboxylic acid groups (broad SMARTS) is 1. The maximum Gasteiger partial charge on any atom is 0.335 e. The van der Waals surface area contributed by atoms with Gasteiger partial charge in [-0.3, -0.25) is 0 Å². The lowest BCUT2D eigenvalue weighted by molar-refractivity contribution is 0.0697. The molecule has 7 nitrogen and oxygen atoms in total. The molecule has 0 fully saturated rings. The summed E-state index contributed by atoms with van der Waals surface area (Å²) in [5.74, 6) is -1.31. The van der Waals surface area contributed by atoms with E-state index in [2.05, 4.69) is 5.32 Å². The lowest BCUT2D eigenvalue weighted by Gasteiger charge is -2.18. The minimum absolute atomic E-state index is 0.0148. The quantitative estimate of drug-likeness (QED) is 0.850. The van der Waals surface area contributed by atoms with Crippen LogP contribution in [0.2, 0.25) is 5.02 Å². The maximum absolute atomic E-state index is 11.9. The summed E-state index contributed by atoms with van der Waals surface area (Å²) in [5.41, 5.74) is 0.126. The molecule has 0 radical (unpaired) electrons. The highest BCUT2D eigenvalue weighted by molar-refractivity contribution is 7.90. The number of rotatable bonds is 5. The highest BCUT2D eigenvalue weighted by Crippen LogP contribution is 2.23. The summed E-state index contributed by atoms with van der Waals surface area (Å²) in [6.45, 7) is 0.0148. The van der Waals surface area contributed by atoms with Gasteiger partial charge in [0, 0.05) is 19.8 Å². The van der Waals surface area contributed by atoms with Crippen molar-refractivity contribution in [2.75, 3.05) is 30.9 Å². The fourth-order valence-corrected chi connectivity index (χ4v) is 2.14. The molecular weight excluding hydrogens is 320 g/mol. The number of carbonyl (C=O) groups excluding carboxylic acids is 1. The third kappa shape index (κ3) is 5.60. The van der Waals surface area contributed by atoms with E-state index in [-0.39, 0.29) is 28.6 Å². The molecule has 0 aliphatic carbocycles. The number of aromatic carboxylic acids is 1. The molecule has 0 aliphatic heterocycles. The van der Waals surface area contributed by atoms with Gasteiger partial charge in [-0.2, -0.15) is 0 Å². The number of anilines is 1. The summed E-state index contributed by atoms with van der Waals surface area (Å²) in [4.78, 5) is 23.9. The van der Waals surface area contributed by atoms with Crippen molar-refractivity contribution >= 4 is 39.1 Å². The summed E-state index contributed by atoms with van der Waals surface area (Å²) in [6.07, 6.45) is 1.08. The van der Waals surface area contributed by atoms with E-state index < -0.39 is 21.8 Å². The van der Waals surface area contributed by atoms with Crippen molar-refractivity contribution in [3.63, 3.8) is 0 Å². The average molecular weight is 335 g/mol. The minimum Gasteiger partial charge on any atom is -0.478 e. The molecule has 1 rings (SSSR count). The van der Waals surface area contributed by atoms with E-state index in [4.69, 9.17) is 16.7 Å². The Hall–Kier alpha value is -1.80. The molecule has 0 atom stereocenters. The normalized spacial score (nSPS) is 11.0. The number of hydrogen-bond donors (Lipinski definition) is 2. The van der Waals surface area contributed by atoms with Crippen molar-refractivity contribution in [3.05, 3.63) is 28.8 Å². The van der Waals surface area contributed by atoms with Crippen molar-refractivity contribution in [2.45, 2.75) is 0 Å². The van der Waals surface area contributed by atoms with Crippen LogP contribution in [-0.2, 0) is 9.84 Å². The summed E-state index contributed by atoms with van der Waals surface area (Å²) in [6, 6.07) is 3.32. The van der Waals surface area contributed by atoms with Gasteiger partial charge in [0.15, 0.2) is 0 Å². The van der Waals surface area contributed by atoms with E-state index in [1.165, 1.54) is 30.1 Å². The molecule has 0 heterocycles. The zero-order valence-electron chi connectivity index (χ0n) is 11.5. The Morgan fingerprint density at radius 2 is 2.00 bits per heavy atom. The maximum atomic E-state index is 11.9. The fraction of sp³-hybridized carbons (Fsp3) is 0.333. The molecule has 116 valence electrons. The molecule has 0 aliphatic rings. The Morgan fingerprint density at radius 1 is 1.38 bits per heavy atom. The first-order chi connectivity index (χ1) is 9.60. The molecule has 0 unspecified atom stereocenters. The molecular formula is C12H15ClN2O5S.